The van der Waals surface area contributed by atoms with Crippen LogP contribution in [0, 0.1) is 11.8 Å². The predicted molar refractivity (Wildman–Crippen MR) is 109 cm³/mol. The molecule has 0 bridgehead atoms. The predicted octanol–water partition coefficient (Wildman–Crippen LogP) is 5.41. The second kappa shape index (κ2) is 9.14. The molecule has 0 fully saturated rings. The maximum Gasteiger partial charge on any atom is 0.262 e. The molecule has 0 atom stereocenters. The van der Waals surface area contributed by atoms with Crippen molar-refractivity contribution in [2.45, 2.75) is 0 Å². The summed E-state index contributed by atoms with van der Waals surface area (Å²) >= 11 is 11.9. The highest BCUT2D eigenvalue weighted by atomic mass is 35.5. The standard InChI is InChI=1S/C22H15Cl2NO2/c23-18-11-12-20(24)21(14-18)27-15-22(26)25-19-8-4-7-17(13-19)10-9-16-5-2-1-3-6-16/h1-8,11-14H,15H2,(H,25,26). The van der Waals surface area contributed by atoms with Crippen LogP contribution in [0.25, 0.3) is 0 Å². The molecule has 0 aliphatic rings. The fraction of sp³-hybridized carbons (Fsp3) is 0.0455. The number of hydrogen-bond acceptors (Lipinski definition) is 2. The molecule has 134 valence electrons. The van der Waals surface area contributed by atoms with Crippen LogP contribution in [0.4, 0.5) is 5.69 Å². The number of halogens is 2. The summed E-state index contributed by atoms with van der Waals surface area (Å²) in [5, 5.41) is 3.66. The summed E-state index contributed by atoms with van der Waals surface area (Å²) in [5.41, 5.74) is 2.37. The number of anilines is 1. The largest absolute Gasteiger partial charge is 0.482 e. The summed E-state index contributed by atoms with van der Waals surface area (Å²) < 4.78 is 5.43. The Balaban J connectivity index is 1.61. The fourth-order valence-corrected chi connectivity index (χ4v) is 2.60. The number of amides is 1. The van der Waals surface area contributed by atoms with Crippen LogP contribution in [-0.4, -0.2) is 12.5 Å². The van der Waals surface area contributed by atoms with E-state index in [2.05, 4.69) is 17.2 Å². The van der Waals surface area contributed by atoms with Crippen molar-refractivity contribution < 1.29 is 9.53 Å². The lowest BCUT2D eigenvalue weighted by atomic mass is 10.1. The zero-order chi connectivity index (χ0) is 19.1. The van der Waals surface area contributed by atoms with Gasteiger partial charge in [-0.05, 0) is 42.5 Å². The molecule has 5 heteroatoms. The summed E-state index contributed by atoms with van der Waals surface area (Å²) in [6, 6.07) is 21.8. The minimum atomic E-state index is -0.306. The van der Waals surface area contributed by atoms with Crippen molar-refractivity contribution in [1.29, 1.82) is 0 Å². The highest BCUT2D eigenvalue weighted by Gasteiger charge is 2.07. The van der Waals surface area contributed by atoms with Crippen LogP contribution in [0.2, 0.25) is 10.0 Å². The number of carbonyl (C=O) groups excluding carboxylic acids is 1. The molecule has 0 aromatic heterocycles. The van der Waals surface area contributed by atoms with Crippen molar-refractivity contribution in [2.24, 2.45) is 0 Å². The summed E-state index contributed by atoms with van der Waals surface area (Å²) in [6.45, 7) is -0.181. The number of hydrogen-bond donors (Lipinski definition) is 1. The molecule has 0 saturated carbocycles. The summed E-state index contributed by atoms with van der Waals surface area (Å²) in [7, 11) is 0. The Bertz CT molecular complexity index is 1010. The lowest BCUT2D eigenvalue weighted by molar-refractivity contribution is -0.118. The third-order valence-electron chi connectivity index (χ3n) is 3.52. The quantitative estimate of drug-likeness (QED) is 0.599. The Morgan fingerprint density at radius 2 is 1.63 bits per heavy atom. The Morgan fingerprint density at radius 1 is 0.889 bits per heavy atom. The third-order valence-corrected chi connectivity index (χ3v) is 4.07. The van der Waals surface area contributed by atoms with E-state index in [1.54, 1.807) is 30.3 Å². The van der Waals surface area contributed by atoms with E-state index in [1.807, 2.05) is 42.5 Å². The first kappa shape index (κ1) is 18.8. The van der Waals surface area contributed by atoms with Gasteiger partial charge in [0.25, 0.3) is 5.91 Å². The van der Waals surface area contributed by atoms with E-state index in [9.17, 15) is 4.79 Å². The molecule has 1 N–H and O–H groups in total. The number of carbonyl (C=O) groups is 1. The Hall–Kier alpha value is -2.93. The van der Waals surface area contributed by atoms with E-state index in [-0.39, 0.29) is 12.5 Å². The van der Waals surface area contributed by atoms with Gasteiger partial charge < -0.3 is 10.1 Å². The van der Waals surface area contributed by atoms with Crippen molar-refractivity contribution in [1.82, 2.24) is 0 Å². The molecule has 3 aromatic rings. The number of rotatable bonds is 4. The van der Waals surface area contributed by atoms with Crippen LogP contribution >= 0.6 is 23.2 Å². The maximum absolute atomic E-state index is 12.1. The van der Waals surface area contributed by atoms with Crippen LogP contribution in [0.1, 0.15) is 11.1 Å². The summed E-state index contributed by atoms with van der Waals surface area (Å²) in [5.74, 6) is 6.22. The van der Waals surface area contributed by atoms with Gasteiger partial charge in [-0.25, -0.2) is 0 Å². The minimum absolute atomic E-state index is 0.181. The maximum atomic E-state index is 12.1. The SMILES string of the molecule is O=C(COc1cc(Cl)ccc1Cl)Nc1cccc(C#Cc2ccccc2)c1. The van der Waals surface area contributed by atoms with Gasteiger partial charge in [-0.3, -0.25) is 4.79 Å². The first-order valence-electron chi connectivity index (χ1n) is 8.15. The van der Waals surface area contributed by atoms with Crippen molar-refractivity contribution >= 4 is 34.8 Å². The second-order valence-electron chi connectivity index (χ2n) is 5.61. The zero-order valence-corrected chi connectivity index (χ0v) is 15.7. The van der Waals surface area contributed by atoms with Gasteiger partial charge in [0, 0.05) is 27.9 Å². The molecular weight excluding hydrogens is 381 g/mol. The fourth-order valence-electron chi connectivity index (χ4n) is 2.27. The third kappa shape index (κ3) is 5.79. The van der Waals surface area contributed by atoms with Crippen LogP contribution < -0.4 is 10.1 Å². The summed E-state index contributed by atoms with van der Waals surface area (Å²) in [4.78, 5) is 12.1. The Labute approximate surface area is 167 Å². The highest BCUT2D eigenvalue weighted by molar-refractivity contribution is 6.34. The molecule has 0 heterocycles. The van der Waals surface area contributed by atoms with Gasteiger partial charge in [0.05, 0.1) is 5.02 Å². The molecule has 27 heavy (non-hydrogen) atoms. The molecule has 0 radical (unpaired) electrons. The molecule has 3 rings (SSSR count). The van der Waals surface area contributed by atoms with E-state index in [4.69, 9.17) is 27.9 Å². The van der Waals surface area contributed by atoms with Crippen molar-refractivity contribution in [3.63, 3.8) is 0 Å². The van der Waals surface area contributed by atoms with E-state index < -0.39 is 0 Å². The van der Waals surface area contributed by atoms with E-state index >= 15 is 0 Å². The average Bonchev–Trinajstić information content (AvgIpc) is 2.68. The van der Waals surface area contributed by atoms with E-state index in [1.165, 1.54) is 0 Å². The van der Waals surface area contributed by atoms with Gasteiger partial charge in [0.2, 0.25) is 0 Å². The first-order valence-corrected chi connectivity index (χ1v) is 8.90. The van der Waals surface area contributed by atoms with Crippen molar-refractivity contribution in [3.05, 3.63) is 94.0 Å². The minimum Gasteiger partial charge on any atom is -0.482 e. The normalized spacial score (nSPS) is 9.85. The van der Waals surface area contributed by atoms with Crippen molar-refractivity contribution in [2.75, 3.05) is 11.9 Å². The van der Waals surface area contributed by atoms with Crippen molar-refractivity contribution in [3.8, 4) is 17.6 Å². The van der Waals surface area contributed by atoms with Gasteiger partial charge >= 0.3 is 0 Å². The van der Waals surface area contributed by atoms with Crippen LogP contribution in [0.5, 0.6) is 5.75 Å². The molecule has 3 aromatic carbocycles. The first-order chi connectivity index (χ1) is 13.1. The number of benzene rings is 3. The van der Waals surface area contributed by atoms with E-state index in [0.717, 1.165) is 11.1 Å². The van der Waals surface area contributed by atoms with Gasteiger partial charge in [-0.2, -0.15) is 0 Å². The molecule has 0 spiro atoms. The Morgan fingerprint density at radius 3 is 2.44 bits per heavy atom. The molecule has 3 nitrogen and oxygen atoms in total. The van der Waals surface area contributed by atoms with Gasteiger partial charge in [0.1, 0.15) is 5.75 Å². The second-order valence-corrected chi connectivity index (χ2v) is 6.45. The lowest BCUT2D eigenvalue weighted by Gasteiger charge is -2.09. The molecule has 0 aliphatic carbocycles. The Kier molecular flexibility index (Phi) is 6.38. The molecule has 1 amide bonds. The lowest BCUT2D eigenvalue weighted by Crippen LogP contribution is -2.20. The number of nitrogens with one attached hydrogen (secondary N) is 1. The van der Waals surface area contributed by atoms with Gasteiger partial charge in [-0.1, -0.05) is 59.3 Å². The molecule has 0 unspecified atom stereocenters. The van der Waals surface area contributed by atoms with Crippen LogP contribution in [-0.2, 0) is 4.79 Å². The topological polar surface area (TPSA) is 38.3 Å². The van der Waals surface area contributed by atoms with Crippen LogP contribution in [0.3, 0.4) is 0 Å². The number of ether oxygens (including phenoxy) is 1. The highest BCUT2D eigenvalue weighted by Crippen LogP contribution is 2.27. The smallest absolute Gasteiger partial charge is 0.262 e. The zero-order valence-electron chi connectivity index (χ0n) is 14.2. The average molecular weight is 396 g/mol. The van der Waals surface area contributed by atoms with Gasteiger partial charge in [0.15, 0.2) is 6.61 Å². The molecule has 0 saturated heterocycles. The summed E-state index contributed by atoms with van der Waals surface area (Å²) in [6.07, 6.45) is 0. The molecule has 0 aliphatic heterocycles. The van der Waals surface area contributed by atoms with Gasteiger partial charge in [-0.15, -0.1) is 0 Å². The van der Waals surface area contributed by atoms with E-state index in [0.29, 0.717) is 21.5 Å². The molecular formula is C22H15Cl2NO2. The van der Waals surface area contributed by atoms with Crippen LogP contribution in [0.15, 0.2) is 72.8 Å². The monoisotopic (exact) mass is 395 g/mol.